The van der Waals surface area contributed by atoms with E-state index in [9.17, 15) is 4.79 Å². The number of alkyl halides is 1. The van der Waals surface area contributed by atoms with Gasteiger partial charge in [0.05, 0.1) is 0 Å². The van der Waals surface area contributed by atoms with E-state index in [2.05, 4.69) is 10.4 Å². The summed E-state index contributed by atoms with van der Waals surface area (Å²) < 4.78 is 1.82. The van der Waals surface area contributed by atoms with Gasteiger partial charge in [0.15, 0.2) is 0 Å². The predicted octanol–water partition coefficient (Wildman–Crippen LogP) is 1.49. The zero-order valence-electron chi connectivity index (χ0n) is 9.58. The Morgan fingerprint density at radius 3 is 3.00 bits per heavy atom. The number of hydrogen-bond donors (Lipinski definition) is 1. The SMILES string of the molecule is Cn1nccc1CCNC(=O)CCCCCl. The van der Waals surface area contributed by atoms with Gasteiger partial charge in [-0.1, -0.05) is 0 Å². The Hall–Kier alpha value is -1.03. The number of carbonyl (C=O) groups excluding carboxylic acids is 1. The Balaban J connectivity index is 2.11. The van der Waals surface area contributed by atoms with Crippen molar-refractivity contribution in [3.63, 3.8) is 0 Å². The molecule has 1 aromatic rings. The average molecular weight is 244 g/mol. The minimum absolute atomic E-state index is 0.104. The number of nitrogens with zero attached hydrogens (tertiary/aromatic N) is 2. The quantitative estimate of drug-likeness (QED) is 0.583. The fourth-order valence-corrected chi connectivity index (χ4v) is 1.63. The molecule has 90 valence electrons. The van der Waals surface area contributed by atoms with Crippen LogP contribution in [0.2, 0.25) is 0 Å². The molecule has 0 saturated carbocycles. The number of rotatable bonds is 7. The van der Waals surface area contributed by atoms with E-state index in [0.29, 0.717) is 18.8 Å². The number of aromatic nitrogens is 2. The van der Waals surface area contributed by atoms with Crippen molar-refractivity contribution in [2.45, 2.75) is 25.7 Å². The summed E-state index contributed by atoms with van der Waals surface area (Å²) in [7, 11) is 1.90. The standard InChI is InChI=1S/C11H18ClN3O/c1-15-10(6-9-14-15)5-8-13-11(16)4-2-3-7-12/h6,9H,2-5,7-8H2,1H3,(H,13,16). The molecule has 1 N–H and O–H groups in total. The molecule has 0 saturated heterocycles. The van der Waals surface area contributed by atoms with E-state index in [4.69, 9.17) is 11.6 Å². The smallest absolute Gasteiger partial charge is 0.220 e. The molecule has 1 amide bonds. The van der Waals surface area contributed by atoms with Crippen LogP contribution in [0.4, 0.5) is 0 Å². The van der Waals surface area contributed by atoms with E-state index >= 15 is 0 Å². The fraction of sp³-hybridized carbons (Fsp3) is 0.636. The van der Waals surface area contributed by atoms with Crippen LogP contribution in [0.15, 0.2) is 12.3 Å². The molecule has 0 radical (unpaired) electrons. The van der Waals surface area contributed by atoms with E-state index < -0.39 is 0 Å². The van der Waals surface area contributed by atoms with Gasteiger partial charge in [-0.15, -0.1) is 11.6 Å². The van der Waals surface area contributed by atoms with E-state index in [1.807, 2.05) is 17.8 Å². The number of hydrogen-bond acceptors (Lipinski definition) is 2. The summed E-state index contributed by atoms with van der Waals surface area (Å²) in [5, 5.41) is 6.95. The third-order valence-electron chi connectivity index (χ3n) is 2.41. The van der Waals surface area contributed by atoms with Crippen molar-refractivity contribution in [2.24, 2.45) is 7.05 Å². The Morgan fingerprint density at radius 2 is 2.38 bits per heavy atom. The molecule has 0 fully saturated rings. The lowest BCUT2D eigenvalue weighted by atomic mass is 10.2. The highest BCUT2D eigenvalue weighted by Crippen LogP contribution is 1.98. The van der Waals surface area contributed by atoms with Gasteiger partial charge in [-0.05, 0) is 18.9 Å². The molecule has 0 aliphatic carbocycles. The second-order valence-electron chi connectivity index (χ2n) is 3.69. The average Bonchev–Trinajstić information content (AvgIpc) is 2.65. The highest BCUT2D eigenvalue weighted by Gasteiger charge is 2.02. The lowest BCUT2D eigenvalue weighted by molar-refractivity contribution is -0.121. The number of unbranched alkanes of at least 4 members (excludes halogenated alkanes) is 1. The highest BCUT2D eigenvalue weighted by atomic mass is 35.5. The summed E-state index contributed by atoms with van der Waals surface area (Å²) >= 11 is 5.53. The topological polar surface area (TPSA) is 46.9 Å². The molecule has 0 aromatic carbocycles. The number of amides is 1. The molecular weight excluding hydrogens is 226 g/mol. The lowest BCUT2D eigenvalue weighted by Gasteiger charge is -2.05. The maximum Gasteiger partial charge on any atom is 0.220 e. The zero-order valence-corrected chi connectivity index (χ0v) is 10.3. The van der Waals surface area contributed by atoms with Crippen molar-refractivity contribution in [1.82, 2.24) is 15.1 Å². The third kappa shape index (κ3) is 4.66. The largest absolute Gasteiger partial charge is 0.356 e. The Labute approximate surface area is 101 Å². The number of halogens is 1. The first-order valence-corrected chi connectivity index (χ1v) is 6.07. The molecule has 0 aliphatic rings. The van der Waals surface area contributed by atoms with Crippen LogP contribution < -0.4 is 5.32 Å². The van der Waals surface area contributed by atoms with Crippen molar-refractivity contribution in [3.05, 3.63) is 18.0 Å². The van der Waals surface area contributed by atoms with Crippen molar-refractivity contribution in [1.29, 1.82) is 0 Å². The predicted molar refractivity (Wildman–Crippen MR) is 64.5 cm³/mol. The van der Waals surface area contributed by atoms with Crippen molar-refractivity contribution in [3.8, 4) is 0 Å². The second kappa shape index (κ2) is 7.28. The number of aryl methyl sites for hydroxylation is 1. The van der Waals surface area contributed by atoms with Crippen molar-refractivity contribution < 1.29 is 4.79 Å². The molecule has 0 unspecified atom stereocenters. The van der Waals surface area contributed by atoms with Gasteiger partial charge in [0.1, 0.15) is 0 Å². The van der Waals surface area contributed by atoms with Gasteiger partial charge in [0.25, 0.3) is 0 Å². The van der Waals surface area contributed by atoms with Gasteiger partial charge in [0, 0.05) is 44.2 Å². The van der Waals surface area contributed by atoms with Gasteiger partial charge in [-0.2, -0.15) is 5.10 Å². The van der Waals surface area contributed by atoms with E-state index in [1.54, 1.807) is 6.20 Å². The first-order chi connectivity index (χ1) is 7.74. The van der Waals surface area contributed by atoms with Gasteiger partial charge < -0.3 is 5.32 Å². The van der Waals surface area contributed by atoms with Gasteiger partial charge in [-0.3, -0.25) is 9.48 Å². The fourth-order valence-electron chi connectivity index (χ4n) is 1.44. The Kier molecular flexibility index (Phi) is 5.93. The first-order valence-electron chi connectivity index (χ1n) is 5.53. The maximum atomic E-state index is 11.4. The summed E-state index contributed by atoms with van der Waals surface area (Å²) in [6.07, 6.45) is 4.91. The number of carbonyl (C=O) groups is 1. The molecule has 1 heterocycles. The molecule has 4 nitrogen and oxygen atoms in total. The minimum Gasteiger partial charge on any atom is -0.356 e. The molecule has 1 rings (SSSR count). The minimum atomic E-state index is 0.104. The molecule has 5 heteroatoms. The van der Waals surface area contributed by atoms with Crippen LogP contribution in [0, 0.1) is 0 Å². The van der Waals surface area contributed by atoms with Crippen LogP contribution in [0.1, 0.15) is 25.0 Å². The first kappa shape index (κ1) is 13.0. The van der Waals surface area contributed by atoms with Crippen LogP contribution in [0.3, 0.4) is 0 Å². The molecule has 16 heavy (non-hydrogen) atoms. The van der Waals surface area contributed by atoms with Crippen LogP contribution >= 0.6 is 11.6 Å². The second-order valence-corrected chi connectivity index (χ2v) is 4.07. The van der Waals surface area contributed by atoms with Gasteiger partial charge in [0.2, 0.25) is 5.91 Å². The molecule has 0 spiro atoms. The van der Waals surface area contributed by atoms with E-state index in [0.717, 1.165) is 25.0 Å². The third-order valence-corrected chi connectivity index (χ3v) is 2.68. The molecular formula is C11H18ClN3O. The molecule has 0 atom stereocenters. The van der Waals surface area contributed by atoms with Crippen LogP contribution in [-0.2, 0) is 18.3 Å². The molecule has 0 aliphatic heterocycles. The highest BCUT2D eigenvalue weighted by molar-refractivity contribution is 6.17. The summed E-state index contributed by atoms with van der Waals surface area (Å²) in [5.41, 5.74) is 1.13. The monoisotopic (exact) mass is 243 g/mol. The zero-order chi connectivity index (χ0) is 11.8. The van der Waals surface area contributed by atoms with Crippen LogP contribution in [0.25, 0.3) is 0 Å². The lowest BCUT2D eigenvalue weighted by Crippen LogP contribution is -2.25. The van der Waals surface area contributed by atoms with Crippen LogP contribution in [-0.4, -0.2) is 28.1 Å². The van der Waals surface area contributed by atoms with Crippen molar-refractivity contribution in [2.75, 3.05) is 12.4 Å². The Bertz CT molecular complexity index is 325. The summed E-state index contributed by atoms with van der Waals surface area (Å²) in [5.74, 6) is 0.731. The Morgan fingerprint density at radius 1 is 1.56 bits per heavy atom. The summed E-state index contributed by atoms with van der Waals surface area (Å²) in [6, 6.07) is 1.96. The maximum absolute atomic E-state index is 11.4. The van der Waals surface area contributed by atoms with Gasteiger partial charge in [-0.25, -0.2) is 0 Å². The van der Waals surface area contributed by atoms with Gasteiger partial charge >= 0.3 is 0 Å². The summed E-state index contributed by atoms with van der Waals surface area (Å²) in [4.78, 5) is 11.4. The van der Waals surface area contributed by atoms with E-state index in [-0.39, 0.29) is 5.91 Å². The number of nitrogens with one attached hydrogen (secondary N) is 1. The molecule has 0 bridgehead atoms. The van der Waals surface area contributed by atoms with Crippen molar-refractivity contribution >= 4 is 17.5 Å². The normalized spacial score (nSPS) is 10.4. The summed E-state index contributed by atoms with van der Waals surface area (Å²) in [6.45, 7) is 0.666. The van der Waals surface area contributed by atoms with Crippen LogP contribution in [0.5, 0.6) is 0 Å². The van der Waals surface area contributed by atoms with E-state index in [1.165, 1.54) is 0 Å². The molecule has 1 aromatic heterocycles.